The first-order valence-corrected chi connectivity index (χ1v) is 7.19. The van der Waals surface area contributed by atoms with Gasteiger partial charge in [-0.1, -0.05) is 24.3 Å². The van der Waals surface area contributed by atoms with Crippen LogP contribution in [0.1, 0.15) is 23.0 Å². The van der Waals surface area contributed by atoms with Crippen LogP contribution in [0.3, 0.4) is 0 Å². The Bertz CT molecular complexity index is 554. The number of nitrogens with zero attached hydrogens (tertiary/aromatic N) is 1. The highest BCUT2D eigenvalue weighted by Crippen LogP contribution is 2.37. The Morgan fingerprint density at radius 3 is 3.00 bits per heavy atom. The number of nitrogens with one attached hydrogen (secondary N) is 1. The Labute approximate surface area is 112 Å². The van der Waals surface area contributed by atoms with Gasteiger partial charge < -0.3 is 5.32 Å². The maximum Gasteiger partial charge on any atom is 0.0545 e. The zero-order valence-electron chi connectivity index (χ0n) is 10.4. The summed E-state index contributed by atoms with van der Waals surface area (Å²) < 4.78 is 0. The number of rotatable bonds is 3. The van der Waals surface area contributed by atoms with Crippen molar-refractivity contribution in [2.24, 2.45) is 0 Å². The average Bonchev–Trinajstić information content (AvgIpc) is 2.80. The van der Waals surface area contributed by atoms with Crippen molar-refractivity contribution < 1.29 is 0 Å². The molecule has 0 saturated heterocycles. The average molecular weight is 256 g/mol. The summed E-state index contributed by atoms with van der Waals surface area (Å²) in [4.78, 5) is 5.93. The molecule has 3 heteroatoms. The van der Waals surface area contributed by atoms with E-state index in [1.165, 1.54) is 10.5 Å². The molecule has 2 aromatic rings. The molecule has 1 atom stereocenters. The topological polar surface area (TPSA) is 24.9 Å². The first-order valence-electron chi connectivity index (χ1n) is 6.20. The van der Waals surface area contributed by atoms with Gasteiger partial charge >= 0.3 is 0 Å². The van der Waals surface area contributed by atoms with Gasteiger partial charge in [0.1, 0.15) is 0 Å². The van der Waals surface area contributed by atoms with Crippen molar-refractivity contribution in [3.05, 3.63) is 59.4 Å². The van der Waals surface area contributed by atoms with Crippen LogP contribution in [-0.2, 0) is 6.54 Å². The lowest BCUT2D eigenvalue weighted by Gasteiger charge is -2.13. The van der Waals surface area contributed by atoms with Gasteiger partial charge in [0.2, 0.25) is 0 Å². The standard InChI is InChI=1S/C15H16N2S/c1-11-5-4-6-12(17-11)9-16-14-10-18-15-8-3-2-7-13(14)15/h2-8,14,16H,9-10H2,1H3. The molecule has 1 unspecified atom stereocenters. The van der Waals surface area contributed by atoms with Gasteiger partial charge in [-0.05, 0) is 30.7 Å². The van der Waals surface area contributed by atoms with Gasteiger partial charge in [-0.25, -0.2) is 0 Å². The van der Waals surface area contributed by atoms with E-state index >= 15 is 0 Å². The SMILES string of the molecule is Cc1cccc(CNC2CSc3ccccc32)n1. The predicted octanol–water partition coefficient (Wildman–Crippen LogP) is 3.33. The number of aromatic nitrogens is 1. The van der Waals surface area contributed by atoms with E-state index in [1.807, 2.05) is 24.8 Å². The zero-order chi connectivity index (χ0) is 12.4. The van der Waals surface area contributed by atoms with Crippen molar-refractivity contribution in [3.63, 3.8) is 0 Å². The summed E-state index contributed by atoms with van der Waals surface area (Å²) >= 11 is 1.93. The molecule has 0 bridgehead atoms. The van der Waals surface area contributed by atoms with Crippen LogP contribution in [-0.4, -0.2) is 10.7 Å². The summed E-state index contributed by atoms with van der Waals surface area (Å²) in [6.45, 7) is 2.87. The van der Waals surface area contributed by atoms with Gasteiger partial charge in [0.15, 0.2) is 0 Å². The summed E-state index contributed by atoms with van der Waals surface area (Å²) in [5, 5.41) is 3.60. The van der Waals surface area contributed by atoms with Gasteiger partial charge in [-0.3, -0.25) is 4.98 Å². The lowest BCUT2D eigenvalue weighted by molar-refractivity contribution is 0.576. The van der Waals surface area contributed by atoms with E-state index in [1.54, 1.807) is 0 Å². The van der Waals surface area contributed by atoms with Crippen LogP contribution >= 0.6 is 11.8 Å². The molecule has 92 valence electrons. The number of hydrogen-bond donors (Lipinski definition) is 1. The van der Waals surface area contributed by atoms with Crippen LogP contribution in [0.5, 0.6) is 0 Å². The molecular weight excluding hydrogens is 240 g/mol. The monoisotopic (exact) mass is 256 g/mol. The highest BCUT2D eigenvalue weighted by molar-refractivity contribution is 7.99. The molecule has 3 rings (SSSR count). The lowest BCUT2D eigenvalue weighted by atomic mass is 10.1. The van der Waals surface area contributed by atoms with Crippen LogP contribution in [0.15, 0.2) is 47.4 Å². The summed E-state index contributed by atoms with van der Waals surface area (Å²) in [5.74, 6) is 1.12. The molecule has 18 heavy (non-hydrogen) atoms. The van der Waals surface area contributed by atoms with Gasteiger partial charge in [-0.15, -0.1) is 11.8 Å². The number of thioether (sulfide) groups is 1. The van der Waals surface area contributed by atoms with E-state index in [0.29, 0.717) is 6.04 Å². The maximum atomic E-state index is 4.52. The number of aryl methyl sites for hydroxylation is 1. The normalized spacial score (nSPS) is 17.7. The molecule has 1 aromatic carbocycles. The van der Waals surface area contributed by atoms with Gasteiger partial charge in [0, 0.05) is 28.9 Å². The molecule has 0 spiro atoms. The smallest absolute Gasteiger partial charge is 0.0545 e. The Morgan fingerprint density at radius 1 is 1.22 bits per heavy atom. The molecule has 0 saturated carbocycles. The van der Waals surface area contributed by atoms with E-state index in [0.717, 1.165) is 23.7 Å². The number of benzene rings is 1. The quantitative estimate of drug-likeness (QED) is 0.912. The zero-order valence-corrected chi connectivity index (χ0v) is 11.2. The molecule has 1 aromatic heterocycles. The van der Waals surface area contributed by atoms with Crippen LogP contribution < -0.4 is 5.32 Å². The summed E-state index contributed by atoms with van der Waals surface area (Å²) in [7, 11) is 0. The van der Waals surface area contributed by atoms with Crippen LogP contribution in [0.25, 0.3) is 0 Å². The minimum atomic E-state index is 0.452. The van der Waals surface area contributed by atoms with E-state index in [2.05, 4.69) is 46.7 Å². The van der Waals surface area contributed by atoms with Crippen molar-refractivity contribution in [2.45, 2.75) is 24.4 Å². The Morgan fingerprint density at radius 2 is 2.11 bits per heavy atom. The van der Waals surface area contributed by atoms with E-state index in [-0.39, 0.29) is 0 Å². The summed E-state index contributed by atoms with van der Waals surface area (Å²) in [6.07, 6.45) is 0. The van der Waals surface area contributed by atoms with E-state index < -0.39 is 0 Å². The molecule has 2 nitrogen and oxygen atoms in total. The third-order valence-corrected chi connectivity index (χ3v) is 4.36. The van der Waals surface area contributed by atoms with Crippen molar-refractivity contribution in [1.82, 2.24) is 10.3 Å². The highest BCUT2D eigenvalue weighted by Gasteiger charge is 2.21. The first-order chi connectivity index (χ1) is 8.83. The second-order valence-corrected chi connectivity index (χ2v) is 5.61. The fourth-order valence-corrected chi connectivity index (χ4v) is 3.45. The number of hydrogen-bond acceptors (Lipinski definition) is 3. The Kier molecular flexibility index (Phi) is 3.35. The number of pyridine rings is 1. The van der Waals surface area contributed by atoms with Crippen LogP contribution in [0.2, 0.25) is 0 Å². The Hall–Kier alpha value is -1.32. The molecule has 2 heterocycles. The Balaban J connectivity index is 1.69. The molecule has 0 radical (unpaired) electrons. The minimum Gasteiger partial charge on any atom is -0.303 e. The van der Waals surface area contributed by atoms with Gasteiger partial charge in [0.25, 0.3) is 0 Å². The fourth-order valence-electron chi connectivity index (χ4n) is 2.26. The summed E-state index contributed by atoms with van der Waals surface area (Å²) in [6, 6.07) is 15.3. The largest absolute Gasteiger partial charge is 0.303 e. The van der Waals surface area contributed by atoms with Gasteiger partial charge in [0.05, 0.1) is 5.69 Å². The third kappa shape index (κ3) is 2.42. The van der Waals surface area contributed by atoms with Crippen molar-refractivity contribution >= 4 is 11.8 Å². The molecule has 0 amide bonds. The molecular formula is C15H16N2S. The fraction of sp³-hybridized carbons (Fsp3) is 0.267. The maximum absolute atomic E-state index is 4.52. The van der Waals surface area contributed by atoms with E-state index in [9.17, 15) is 0 Å². The third-order valence-electron chi connectivity index (χ3n) is 3.18. The predicted molar refractivity (Wildman–Crippen MR) is 75.7 cm³/mol. The first kappa shape index (κ1) is 11.8. The van der Waals surface area contributed by atoms with Crippen molar-refractivity contribution in [1.29, 1.82) is 0 Å². The molecule has 1 N–H and O–H groups in total. The number of fused-ring (bicyclic) bond motifs is 1. The lowest BCUT2D eigenvalue weighted by Crippen LogP contribution is -2.21. The summed E-state index contributed by atoms with van der Waals surface area (Å²) in [5.41, 5.74) is 3.62. The van der Waals surface area contributed by atoms with Crippen molar-refractivity contribution in [2.75, 3.05) is 5.75 Å². The molecule has 1 aliphatic heterocycles. The van der Waals surface area contributed by atoms with Gasteiger partial charge in [-0.2, -0.15) is 0 Å². The highest BCUT2D eigenvalue weighted by atomic mass is 32.2. The van der Waals surface area contributed by atoms with Crippen LogP contribution in [0, 0.1) is 6.92 Å². The molecule has 0 fully saturated rings. The van der Waals surface area contributed by atoms with Crippen LogP contribution in [0.4, 0.5) is 0 Å². The van der Waals surface area contributed by atoms with Crippen molar-refractivity contribution in [3.8, 4) is 0 Å². The molecule has 1 aliphatic rings. The molecule has 0 aliphatic carbocycles. The van der Waals surface area contributed by atoms with E-state index in [4.69, 9.17) is 0 Å². The minimum absolute atomic E-state index is 0.452. The second-order valence-electron chi connectivity index (χ2n) is 4.55. The second kappa shape index (κ2) is 5.12.